The third kappa shape index (κ3) is 2.42. The van der Waals surface area contributed by atoms with Crippen LogP contribution in [0.4, 0.5) is 0 Å². The van der Waals surface area contributed by atoms with Crippen molar-refractivity contribution in [3.05, 3.63) is 23.3 Å². The molecule has 4 nitrogen and oxygen atoms in total. The molecule has 1 aliphatic carbocycles. The number of hydrogen-bond donors (Lipinski definition) is 1. The Morgan fingerprint density at radius 3 is 2.00 bits per heavy atom. The average molecular weight is 265 g/mol. The first-order chi connectivity index (χ1) is 9.20. The van der Waals surface area contributed by atoms with Crippen molar-refractivity contribution in [1.29, 1.82) is 0 Å². The highest BCUT2D eigenvalue weighted by Gasteiger charge is 2.38. The number of rotatable bonds is 6. The molecular weight excluding hydrogens is 242 g/mol. The van der Waals surface area contributed by atoms with Crippen LogP contribution in [0.25, 0.3) is 0 Å². The van der Waals surface area contributed by atoms with Crippen molar-refractivity contribution in [1.82, 2.24) is 0 Å². The zero-order chi connectivity index (χ0) is 13.9. The van der Waals surface area contributed by atoms with E-state index < -0.39 is 0 Å². The second kappa shape index (κ2) is 5.80. The predicted octanol–water partition coefficient (Wildman–Crippen LogP) is 2.23. The maximum Gasteiger partial charge on any atom is 0.128 e. The van der Waals surface area contributed by atoms with Gasteiger partial charge in [-0.15, -0.1) is 0 Å². The number of nitrogens with two attached hydrogens (primary N) is 1. The molecule has 1 aromatic carbocycles. The third-order valence-electron chi connectivity index (χ3n) is 4.21. The van der Waals surface area contributed by atoms with Gasteiger partial charge in [0, 0.05) is 19.1 Å². The normalized spacial score (nSPS) is 16.8. The molecule has 0 aliphatic heterocycles. The molecule has 0 heterocycles. The van der Waals surface area contributed by atoms with Gasteiger partial charge in [0.2, 0.25) is 0 Å². The molecule has 4 heteroatoms. The molecule has 1 fully saturated rings. The zero-order valence-corrected chi connectivity index (χ0v) is 12.0. The summed E-state index contributed by atoms with van der Waals surface area (Å²) < 4.78 is 16.2. The number of ether oxygens (including phenoxy) is 3. The van der Waals surface area contributed by atoms with Gasteiger partial charge in [-0.05, 0) is 30.5 Å². The van der Waals surface area contributed by atoms with Gasteiger partial charge in [-0.2, -0.15) is 0 Å². The monoisotopic (exact) mass is 265 g/mol. The van der Waals surface area contributed by atoms with E-state index in [2.05, 4.69) is 12.1 Å². The van der Waals surface area contributed by atoms with Crippen LogP contribution >= 0.6 is 0 Å². The van der Waals surface area contributed by atoms with Crippen molar-refractivity contribution in [2.24, 2.45) is 5.73 Å². The molecule has 0 radical (unpaired) electrons. The summed E-state index contributed by atoms with van der Waals surface area (Å²) in [5.41, 5.74) is 8.24. The SMILES string of the molecule is COCc1c(OC)cc(C2(CN)CCC2)cc1OC. The molecule has 0 spiro atoms. The Morgan fingerprint density at radius 1 is 1.11 bits per heavy atom. The lowest BCUT2D eigenvalue weighted by molar-refractivity contribution is 0.177. The largest absolute Gasteiger partial charge is 0.496 e. The Bertz CT molecular complexity index is 411. The Hall–Kier alpha value is -1.26. The van der Waals surface area contributed by atoms with Crippen LogP contribution in [0.5, 0.6) is 11.5 Å². The summed E-state index contributed by atoms with van der Waals surface area (Å²) >= 11 is 0. The Balaban J connectivity index is 2.46. The van der Waals surface area contributed by atoms with Gasteiger partial charge in [-0.25, -0.2) is 0 Å². The summed E-state index contributed by atoms with van der Waals surface area (Å²) in [6, 6.07) is 4.17. The van der Waals surface area contributed by atoms with Crippen molar-refractivity contribution < 1.29 is 14.2 Å². The van der Waals surface area contributed by atoms with Crippen LogP contribution in [0, 0.1) is 0 Å². The lowest BCUT2D eigenvalue weighted by Gasteiger charge is -2.42. The lowest BCUT2D eigenvalue weighted by atomic mass is 9.64. The van der Waals surface area contributed by atoms with Gasteiger partial charge in [-0.3, -0.25) is 0 Å². The van der Waals surface area contributed by atoms with Gasteiger partial charge in [0.15, 0.2) is 0 Å². The first-order valence-electron chi connectivity index (χ1n) is 6.65. The van der Waals surface area contributed by atoms with Gasteiger partial charge in [0.05, 0.1) is 26.4 Å². The highest BCUT2D eigenvalue weighted by Crippen LogP contribution is 2.46. The molecule has 1 aromatic rings. The van der Waals surface area contributed by atoms with E-state index in [1.165, 1.54) is 12.0 Å². The maximum atomic E-state index is 5.97. The molecule has 0 atom stereocenters. The summed E-state index contributed by atoms with van der Waals surface area (Å²) in [7, 11) is 5.02. The molecule has 2 rings (SSSR count). The van der Waals surface area contributed by atoms with E-state index in [9.17, 15) is 0 Å². The molecular formula is C15H23NO3. The molecule has 1 aliphatic rings. The number of methoxy groups -OCH3 is 3. The molecule has 0 unspecified atom stereocenters. The zero-order valence-electron chi connectivity index (χ0n) is 12.0. The summed E-state index contributed by atoms with van der Waals surface area (Å²) in [6.07, 6.45) is 3.51. The van der Waals surface area contributed by atoms with E-state index in [0.717, 1.165) is 29.9 Å². The third-order valence-corrected chi connectivity index (χ3v) is 4.21. The molecule has 0 bridgehead atoms. The Morgan fingerprint density at radius 2 is 1.68 bits per heavy atom. The van der Waals surface area contributed by atoms with Gasteiger partial charge in [-0.1, -0.05) is 6.42 Å². The van der Waals surface area contributed by atoms with E-state index >= 15 is 0 Å². The molecule has 0 saturated heterocycles. The van der Waals surface area contributed by atoms with E-state index in [0.29, 0.717) is 13.2 Å². The molecule has 0 amide bonds. The van der Waals surface area contributed by atoms with Crippen molar-refractivity contribution in [2.75, 3.05) is 27.9 Å². The molecule has 106 valence electrons. The fraction of sp³-hybridized carbons (Fsp3) is 0.600. The van der Waals surface area contributed by atoms with Crippen molar-refractivity contribution >= 4 is 0 Å². The minimum absolute atomic E-state index is 0.103. The average Bonchev–Trinajstić information content (AvgIpc) is 2.39. The fourth-order valence-corrected chi connectivity index (χ4v) is 2.79. The van der Waals surface area contributed by atoms with Crippen molar-refractivity contribution in [2.45, 2.75) is 31.3 Å². The second-order valence-electron chi connectivity index (χ2n) is 5.13. The molecule has 1 saturated carbocycles. The lowest BCUT2D eigenvalue weighted by Crippen LogP contribution is -2.41. The fourth-order valence-electron chi connectivity index (χ4n) is 2.79. The predicted molar refractivity (Wildman–Crippen MR) is 74.8 cm³/mol. The van der Waals surface area contributed by atoms with Crippen LogP contribution in [0.2, 0.25) is 0 Å². The number of benzene rings is 1. The van der Waals surface area contributed by atoms with Gasteiger partial charge in [0.1, 0.15) is 11.5 Å². The highest BCUT2D eigenvalue weighted by atomic mass is 16.5. The first-order valence-corrected chi connectivity index (χ1v) is 6.65. The maximum absolute atomic E-state index is 5.97. The smallest absolute Gasteiger partial charge is 0.128 e. The molecule has 0 aromatic heterocycles. The van der Waals surface area contributed by atoms with Gasteiger partial charge in [0.25, 0.3) is 0 Å². The van der Waals surface area contributed by atoms with Crippen LogP contribution in [0.1, 0.15) is 30.4 Å². The Labute approximate surface area is 114 Å². The van der Waals surface area contributed by atoms with E-state index in [-0.39, 0.29) is 5.41 Å². The standard InChI is InChI=1S/C15H23NO3/c1-17-9-12-13(18-2)7-11(8-14(12)19-3)15(10-16)5-4-6-15/h7-8H,4-6,9-10,16H2,1-3H3. The van der Waals surface area contributed by atoms with Crippen molar-refractivity contribution in [3.63, 3.8) is 0 Å². The van der Waals surface area contributed by atoms with Crippen molar-refractivity contribution in [3.8, 4) is 11.5 Å². The van der Waals surface area contributed by atoms with Gasteiger partial charge >= 0.3 is 0 Å². The second-order valence-corrected chi connectivity index (χ2v) is 5.13. The molecule has 19 heavy (non-hydrogen) atoms. The molecule has 2 N–H and O–H groups in total. The van der Waals surface area contributed by atoms with E-state index in [4.69, 9.17) is 19.9 Å². The summed E-state index contributed by atoms with van der Waals surface area (Å²) in [6.45, 7) is 1.14. The van der Waals surface area contributed by atoms with Crippen LogP contribution in [0.15, 0.2) is 12.1 Å². The minimum Gasteiger partial charge on any atom is -0.496 e. The van der Waals surface area contributed by atoms with Crippen LogP contribution < -0.4 is 15.2 Å². The number of hydrogen-bond acceptors (Lipinski definition) is 4. The first kappa shape index (κ1) is 14.2. The minimum atomic E-state index is 0.103. The topological polar surface area (TPSA) is 53.7 Å². The summed E-state index contributed by atoms with van der Waals surface area (Å²) in [5.74, 6) is 1.63. The van der Waals surface area contributed by atoms with Crippen LogP contribution in [-0.4, -0.2) is 27.9 Å². The van der Waals surface area contributed by atoms with Crippen LogP contribution in [0.3, 0.4) is 0 Å². The van der Waals surface area contributed by atoms with E-state index in [1.54, 1.807) is 21.3 Å². The summed E-state index contributed by atoms with van der Waals surface area (Å²) in [5, 5.41) is 0. The van der Waals surface area contributed by atoms with E-state index in [1.807, 2.05) is 0 Å². The highest BCUT2D eigenvalue weighted by molar-refractivity contribution is 5.50. The quantitative estimate of drug-likeness (QED) is 0.857. The Kier molecular flexibility index (Phi) is 4.32. The van der Waals surface area contributed by atoms with Gasteiger partial charge < -0.3 is 19.9 Å². The summed E-state index contributed by atoms with van der Waals surface area (Å²) in [4.78, 5) is 0. The van der Waals surface area contributed by atoms with Crippen LogP contribution in [-0.2, 0) is 16.8 Å².